The number of benzene rings is 1. The van der Waals surface area contributed by atoms with Crippen LogP contribution in [0.1, 0.15) is 41.2 Å². The molecule has 1 heterocycles. The number of hydrogen-bond acceptors (Lipinski definition) is 2. The quantitative estimate of drug-likeness (QED) is 0.817. The summed E-state index contributed by atoms with van der Waals surface area (Å²) >= 11 is 3.29. The van der Waals surface area contributed by atoms with Gasteiger partial charge in [-0.3, -0.25) is 0 Å². The van der Waals surface area contributed by atoms with Crippen molar-refractivity contribution in [2.75, 3.05) is 6.54 Å². The van der Waals surface area contributed by atoms with Gasteiger partial charge in [-0.25, -0.2) is 4.39 Å². The van der Waals surface area contributed by atoms with Gasteiger partial charge in [0.2, 0.25) is 0 Å². The molecular formula is C17H21BrFNO. The van der Waals surface area contributed by atoms with Crippen LogP contribution in [0.3, 0.4) is 0 Å². The molecule has 0 aliphatic heterocycles. The zero-order chi connectivity index (χ0) is 15.6. The molecule has 1 aromatic carbocycles. The number of furan rings is 1. The third-order valence-corrected chi connectivity index (χ3v) is 4.35. The largest absolute Gasteiger partial charge is 0.466 e. The molecule has 0 aliphatic rings. The first-order valence-electron chi connectivity index (χ1n) is 7.17. The maximum atomic E-state index is 14.1. The fraction of sp³-hybridized carbons (Fsp3) is 0.412. The van der Waals surface area contributed by atoms with Gasteiger partial charge in [-0.2, -0.15) is 0 Å². The molecule has 4 heteroatoms. The van der Waals surface area contributed by atoms with Gasteiger partial charge in [0.25, 0.3) is 0 Å². The lowest BCUT2D eigenvalue weighted by Gasteiger charge is -2.19. The lowest BCUT2D eigenvalue weighted by atomic mass is 9.95. The molecule has 0 saturated carbocycles. The summed E-state index contributed by atoms with van der Waals surface area (Å²) in [7, 11) is 0. The Morgan fingerprint density at radius 3 is 2.48 bits per heavy atom. The van der Waals surface area contributed by atoms with Gasteiger partial charge in [-0.15, -0.1) is 0 Å². The molecule has 1 aromatic heterocycles. The fourth-order valence-corrected chi connectivity index (χ4v) is 3.08. The first-order chi connectivity index (χ1) is 9.93. The third-order valence-electron chi connectivity index (χ3n) is 3.86. The maximum absolute atomic E-state index is 14.1. The molecule has 0 fully saturated rings. The van der Waals surface area contributed by atoms with E-state index in [-0.39, 0.29) is 11.9 Å². The summed E-state index contributed by atoms with van der Waals surface area (Å²) in [5, 5.41) is 3.45. The van der Waals surface area contributed by atoms with Gasteiger partial charge in [-0.1, -0.05) is 28.9 Å². The van der Waals surface area contributed by atoms with E-state index >= 15 is 0 Å². The summed E-state index contributed by atoms with van der Waals surface area (Å²) in [4.78, 5) is 0. The van der Waals surface area contributed by atoms with Crippen LogP contribution in [0.5, 0.6) is 0 Å². The molecule has 0 radical (unpaired) electrons. The Balaban J connectivity index is 2.35. The lowest BCUT2D eigenvalue weighted by molar-refractivity contribution is 0.481. The van der Waals surface area contributed by atoms with Crippen LogP contribution in [0, 0.1) is 26.6 Å². The van der Waals surface area contributed by atoms with E-state index in [1.807, 2.05) is 26.0 Å². The highest BCUT2D eigenvalue weighted by molar-refractivity contribution is 9.10. The van der Waals surface area contributed by atoms with Crippen LogP contribution in [0.2, 0.25) is 0 Å². The summed E-state index contributed by atoms with van der Waals surface area (Å²) in [5.74, 6) is 1.66. The topological polar surface area (TPSA) is 25.2 Å². The smallest absolute Gasteiger partial charge is 0.127 e. The zero-order valence-corrected chi connectivity index (χ0v) is 14.5. The second-order valence-electron chi connectivity index (χ2n) is 5.30. The highest BCUT2D eigenvalue weighted by Crippen LogP contribution is 2.30. The van der Waals surface area contributed by atoms with Crippen LogP contribution >= 0.6 is 15.9 Å². The standard InChI is InChI=1S/C17H21BrFNO/c1-5-20-16(17-10(2)11(3)21-12(17)4)8-13-6-7-14(18)9-15(13)19/h6-7,9,16,20H,5,8H2,1-4H3. The van der Waals surface area contributed by atoms with Gasteiger partial charge in [0.05, 0.1) is 0 Å². The summed E-state index contributed by atoms with van der Waals surface area (Å²) < 4.78 is 20.6. The van der Waals surface area contributed by atoms with Crippen LogP contribution in [0.4, 0.5) is 4.39 Å². The Labute approximate surface area is 133 Å². The van der Waals surface area contributed by atoms with E-state index in [9.17, 15) is 4.39 Å². The first-order valence-corrected chi connectivity index (χ1v) is 7.97. The number of rotatable bonds is 5. The molecular weight excluding hydrogens is 333 g/mol. The highest BCUT2D eigenvalue weighted by Gasteiger charge is 2.21. The third kappa shape index (κ3) is 3.55. The Morgan fingerprint density at radius 1 is 1.24 bits per heavy atom. The Kier molecular flexibility index (Phi) is 5.22. The van der Waals surface area contributed by atoms with Crippen LogP contribution in [-0.2, 0) is 6.42 Å². The van der Waals surface area contributed by atoms with Crippen molar-refractivity contribution in [2.24, 2.45) is 0 Å². The summed E-state index contributed by atoms with van der Waals surface area (Å²) in [5.41, 5.74) is 3.01. The molecule has 0 aliphatic carbocycles. The lowest BCUT2D eigenvalue weighted by Crippen LogP contribution is -2.24. The van der Waals surface area contributed by atoms with Crippen molar-refractivity contribution in [3.05, 3.63) is 56.7 Å². The van der Waals surface area contributed by atoms with Crippen molar-refractivity contribution in [1.29, 1.82) is 0 Å². The summed E-state index contributed by atoms with van der Waals surface area (Å²) in [6.45, 7) is 8.88. The molecule has 1 N–H and O–H groups in total. The van der Waals surface area contributed by atoms with E-state index in [0.717, 1.165) is 33.7 Å². The van der Waals surface area contributed by atoms with E-state index in [1.165, 1.54) is 6.07 Å². The molecule has 2 aromatic rings. The van der Waals surface area contributed by atoms with E-state index in [1.54, 1.807) is 0 Å². The van der Waals surface area contributed by atoms with E-state index in [2.05, 4.69) is 35.1 Å². The van der Waals surface area contributed by atoms with Crippen molar-refractivity contribution in [3.63, 3.8) is 0 Å². The van der Waals surface area contributed by atoms with Crippen molar-refractivity contribution in [1.82, 2.24) is 5.32 Å². The molecule has 114 valence electrons. The van der Waals surface area contributed by atoms with Crippen molar-refractivity contribution < 1.29 is 8.81 Å². The van der Waals surface area contributed by atoms with Crippen molar-refractivity contribution >= 4 is 15.9 Å². The summed E-state index contributed by atoms with van der Waals surface area (Å²) in [6.07, 6.45) is 0.605. The second kappa shape index (κ2) is 6.75. The normalized spacial score (nSPS) is 12.7. The average molecular weight is 354 g/mol. The van der Waals surface area contributed by atoms with Crippen LogP contribution in [-0.4, -0.2) is 6.54 Å². The molecule has 0 amide bonds. The van der Waals surface area contributed by atoms with Crippen molar-refractivity contribution in [3.8, 4) is 0 Å². The first kappa shape index (κ1) is 16.2. The van der Waals surface area contributed by atoms with Crippen LogP contribution < -0.4 is 5.32 Å². The van der Waals surface area contributed by atoms with E-state index in [4.69, 9.17) is 4.42 Å². The van der Waals surface area contributed by atoms with Crippen LogP contribution in [0.25, 0.3) is 0 Å². The van der Waals surface area contributed by atoms with Gasteiger partial charge in [0, 0.05) is 16.1 Å². The molecule has 1 unspecified atom stereocenters. The Bertz CT molecular complexity index is 636. The highest BCUT2D eigenvalue weighted by atomic mass is 79.9. The van der Waals surface area contributed by atoms with Gasteiger partial charge in [-0.05, 0) is 57.0 Å². The summed E-state index contributed by atoms with van der Waals surface area (Å²) in [6, 6.07) is 5.28. The minimum atomic E-state index is -0.178. The predicted molar refractivity (Wildman–Crippen MR) is 87.1 cm³/mol. The predicted octanol–water partition coefficient (Wildman–Crippen LogP) is 5.00. The van der Waals surface area contributed by atoms with Crippen LogP contribution in [0.15, 0.2) is 27.1 Å². The number of nitrogens with one attached hydrogen (secondary N) is 1. The number of aryl methyl sites for hydroxylation is 2. The maximum Gasteiger partial charge on any atom is 0.127 e. The van der Waals surface area contributed by atoms with Gasteiger partial charge in [0.1, 0.15) is 17.3 Å². The number of halogens is 2. The zero-order valence-electron chi connectivity index (χ0n) is 12.9. The fourth-order valence-electron chi connectivity index (χ4n) is 2.75. The average Bonchev–Trinajstić information content (AvgIpc) is 2.66. The van der Waals surface area contributed by atoms with Gasteiger partial charge < -0.3 is 9.73 Å². The molecule has 2 rings (SSSR count). The minimum absolute atomic E-state index is 0.0584. The molecule has 2 nitrogen and oxygen atoms in total. The molecule has 0 saturated heterocycles. The minimum Gasteiger partial charge on any atom is -0.466 e. The van der Waals surface area contributed by atoms with Gasteiger partial charge in [0.15, 0.2) is 0 Å². The van der Waals surface area contributed by atoms with E-state index < -0.39 is 0 Å². The number of likely N-dealkylation sites (N-methyl/N-ethyl adjacent to an activating group) is 1. The van der Waals surface area contributed by atoms with Crippen molar-refractivity contribution in [2.45, 2.75) is 40.2 Å². The Hall–Kier alpha value is -1.13. The monoisotopic (exact) mass is 353 g/mol. The second-order valence-corrected chi connectivity index (χ2v) is 6.22. The van der Waals surface area contributed by atoms with E-state index in [0.29, 0.717) is 12.0 Å². The molecule has 0 bridgehead atoms. The SMILES string of the molecule is CCNC(Cc1ccc(Br)cc1F)c1c(C)oc(C)c1C. The van der Waals surface area contributed by atoms with Gasteiger partial charge >= 0.3 is 0 Å². The Morgan fingerprint density at radius 2 is 1.95 bits per heavy atom. The molecule has 0 spiro atoms. The molecule has 21 heavy (non-hydrogen) atoms. The molecule has 1 atom stereocenters. The number of hydrogen-bond donors (Lipinski definition) is 1.